The first kappa shape index (κ1) is 18.0. The van der Waals surface area contributed by atoms with Crippen LogP contribution in [0.5, 0.6) is 0 Å². The number of benzene rings is 2. The Balaban J connectivity index is 1.62. The average Bonchev–Trinajstić information content (AvgIpc) is 3.10. The maximum Gasteiger partial charge on any atom is 0.264 e. The zero-order valence-electron chi connectivity index (χ0n) is 15.5. The van der Waals surface area contributed by atoms with E-state index in [0.717, 1.165) is 11.8 Å². The Morgan fingerprint density at radius 2 is 1.85 bits per heavy atom. The number of anilines is 1. The van der Waals surface area contributed by atoms with E-state index in [1.54, 1.807) is 12.1 Å². The lowest BCUT2D eigenvalue weighted by Gasteiger charge is -2.38. The van der Waals surface area contributed by atoms with Crippen LogP contribution >= 0.6 is 0 Å². The van der Waals surface area contributed by atoms with Crippen molar-refractivity contribution in [3.05, 3.63) is 64.7 Å². The number of rotatable bonds is 3. The van der Waals surface area contributed by atoms with Gasteiger partial charge in [-0.25, -0.2) is 13.1 Å². The summed E-state index contributed by atoms with van der Waals surface area (Å²) < 4.78 is 24.5. The van der Waals surface area contributed by atoms with Crippen LogP contribution in [-0.2, 0) is 10.0 Å². The zero-order valence-corrected chi connectivity index (χ0v) is 16.3. The molecule has 3 atom stereocenters. The summed E-state index contributed by atoms with van der Waals surface area (Å²) in [5.41, 5.74) is 5.40. The molecule has 5 nitrogen and oxygen atoms in total. The standard InChI is InChI=1S/C21H24N2O3S/c1-13-6-11-19-18(12-13)16-4-3-5-17(16)20(22-19)14-7-9-15(10-8-14)21(24)23-27(2,25)26/h6-12,16-17,20,22H,3-5H2,1-2H3,(H,23,24)/t16-,17+,20+/m1/s1. The van der Waals surface area contributed by atoms with E-state index in [1.807, 2.05) is 16.9 Å². The minimum atomic E-state index is -3.56. The van der Waals surface area contributed by atoms with Crippen LogP contribution in [0.15, 0.2) is 42.5 Å². The molecule has 1 amide bonds. The molecular weight excluding hydrogens is 360 g/mol. The molecular formula is C21H24N2O3S. The molecule has 27 heavy (non-hydrogen) atoms. The predicted molar refractivity (Wildman–Crippen MR) is 106 cm³/mol. The number of amides is 1. The van der Waals surface area contributed by atoms with Gasteiger partial charge >= 0.3 is 0 Å². The van der Waals surface area contributed by atoms with Crippen molar-refractivity contribution in [2.45, 2.75) is 38.1 Å². The van der Waals surface area contributed by atoms with E-state index in [2.05, 4.69) is 30.4 Å². The minimum Gasteiger partial charge on any atom is -0.378 e. The molecule has 0 unspecified atom stereocenters. The number of aryl methyl sites for hydroxylation is 1. The molecule has 0 spiro atoms. The van der Waals surface area contributed by atoms with E-state index in [-0.39, 0.29) is 6.04 Å². The molecule has 1 fully saturated rings. The van der Waals surface area contributed by atoms with Gasteiger partial charge in [0.25, 0.3) is 5.91 Å². The summed E-state index contributed by atoms with van der Waals surface area (Å²) in [7, 11) is -3.56. The number of hydrogen-bond donors (Lipinski definition) is 2. The molecule has 6 heteroatoms. The molecule has 142 valence electrons. The molecule has 0 radical (unpaired) electrons. The monoisotopic (exact) mass is 384 g/mol. The summed E-state index contributed by atoms with van der Waals surface area (Å²) in [5.74, 6) is 0.509. The van der Waals surface area contributed by atoms with Crippen LogP contribution in [0.3, 0.4) is 0 Å². The SMILES string of the molecule is Cc1ccc2c(c1)[C@@H]1CCC[C@@H]1[C@H](c1ccc(C(=O)NS(C)(=O)=O)cc1)N2. The second kappa shape index (κ2) is 6.68. The molecule has 2 aromatic carbocycles. The summed E-state index contributed by atoms with van der Waals surface area (Å²) in [6, 6.07) is 14.1. The Morgan fingerprint density at radius 3 is 2.56 bits per heavy atom. The number of hydrogen-bond acceptors (Lipinski definition) is 4. The van der Waals surface area contributed by atoms with Gasteiger partial charge in [-0.15, -0.1) is 0 Å². The number of nitrogens with one attached hydrogen (secondary N) is 2. The van der Waals surface area contributed by atoms with Gasteiger partial charge in [0.2, 0.25) is 10.0 Å². The molecule has 1 saturated carbocycles. The van der Waals surface area contributed by atoms with Crippen LogP contribution in [-0.4, -0.2) is 20.6 Å². The van der Waals surface area contributed by atoms with Crippen LogP contribution < -0.4 is 10.0 Å². The molecule has 1 aliphatic carbocycles. The molecule has 2 N–H and O–H groups in total. The molecule has 1 aliphatic heterocycles. The van der Waals surface area contributed by atoms with Gasteiger partial charge in [0, 0.05) is 11.3 Å². The summed E-state index contributed by atoms with van der Waals surface area (Å²) in [6.07, 6.45) is 4.61. The van der Waals surface area contributed by atoms with E-state index in [1.165, 1.54) is 36.1 Å². The molecule has 0 bridgehead atoms. The van der Waals surface area contributed by atoms with Crippen LogP contribution in [0.25, 0.3) is 0 Å². The van der Waals surface area contributed by atoms with Gasteiger partial charge in [-0.2, -0.15) is 0 Å². The Bertz CT molecular complexity index is 983. The highest BCUT2D eigenvalue weighted by Crippen LogP contribution is 2.52. The van der Waals surface area contributed by atoms with E-state index in [0.29, 0.717) is 17.4 Å². The lowest BCUT2D eigenvalue weighted by molar-refractivity contribution is 0.0981. The van der Waals surface area contributed by atoms with E-state index in [4.69, 9.17) is 0 Å². The van der Waals surface area contributed by atoms with Crippen molar-refractivity contribution in [3.63, 3.8) is 0 Å². The van der Waals surface area contributed by atoms with Gasteiger partial charge in [-0.3, -0.25) is 4.79 Å². The Hall–Kier alpha value is -2.34. The number of fused-ring (bicyclic) bond motifs is 3. The highest BCUT2D eigenvalue weighted by atomic mass is 32.2. The fourth-order valence-corrected chi connectivity index (χ4v) is 5.02. The maximum absolute atomic E-state index is 12.0. The van der Waals surface area contributed by atoms with Gasteiger partial charge < -0.3 is 5.32 Å². The number of carbonyl (C=O) groups is 1. The second-order valence-electron chi connectivity index (χ2n) is 7.74. The summed E-state index contributed by atoms with van der Waals surface area (Å²) in [6.45, 7) is 2.14. The Morgan fingerprint density at radius 1 is 1.11 bits per heavy atom. The third-order valence-electron chi connectivity index (χ3n) is 5.73. The number of sulfonamides is 1. The van der Waals surface area contributed by atoms with Crippen molar-refractivity contribution in [2.24, 2.45) is 5.92 Å². The third-order valence-corrected chi connectivity index (χ3v) is 6.28. The van der Waals surface area contributed by atoms with Crippen molar-refractivity contribution in [3.8, 4) is 0 Å². The third kappa shape index (κ3) is 3.58. The normalized spacial score (nSPS) is 23.9. The van der Waals surface area contributed by atoms with Gasteiger partial charge in [-0.05, 0) is 60.9 Å². The van der Waals surface area contributed by atoms with Gasteiger partial charge in [0.05, 0.1) is 12.3 Å². The van der Waals surface area contributed by atoms with Crippen molar-refractivity contribution in [1.29, 1.82) is 0 Å². The van der Waals surface area contributed by atoms with Gasteiger partial charge in [0.15, 0.2) is 0 Å². The maximum atomic E-state index is 12.0. The predicted octanol–water partition coefficient (Wildman–Crippen LogP) is 3.73. The zero-order chi connectivity index (χ0) is 19.2. The van der Waals surface area contributed by atoms with Crippen LogP contribution in [0.2, 0.25) is 0 Å². The van der Waals surface area contributed by atoms with Crippen molar-refractivity contribution in [1.82, 2.24) is 4.72 Å². The second-order valence-corrected chi connectivity index (χ2v) is 9.49. The Labute approximate surface area is 160 Å². The van der Waals surface area contributed by atoms with Crippen molar-refractivity contribution < 1.29 is 13.2 Å². The summed E-state index contributed by atoms with van der Waals surface area (Å²) in [5, 5.41) is 3.70. The number of carbonyl (C=O) groups excluding carboxylic acids is 1. The topological polar surface area (TPSA) is 75.3 Å². The molecule has 0 aromatic heterocycles. The van der Waals surface area contributed by atoms with Crippen LogP contribution in [0, 0.1) is 12.8 Å². The lowest BCUT2D eigenvalue weighted by atomic mass is 9.77. The van der Waals surface area contributed by atoms with Crippen molar-refractivity contribution in [2.75, 3.05) is 11.6 Å². The molecule has 2 aromatic rings. The first-order valence-corrected chi connectivity index (χ1v) is 11.2. The van der Waals surface area contributed by atoms with Crippen LogP contribution in [0.4, 0.5) is 5.69 Å². The fraction of sp³-hybridized carbons (Fsp3) is 0.381. The first-order valence-electron chi connectivity index (χ1n) is 9.31. The molecule has 1 heterocycles. The van der Waals surface area contributed by atoms with E-state index >= 15 is 0 Å². The Kier molecular flexibility index (Phi) is 4.46. The van der Waals surface area contributed by atoms with Crippen LogP contribution in [0.1, 0.15) is 58.3 Å². The quantitative estimate of drug-likeness (QED) is 0.845. The fourth-order valence-electron chi connectivity index (χ4n) is 4.57. The molecule has 0 saturated heterocycles. The molecule has 4 rings (SSSR count). The highest BCUT2D eigenvalue weighted by molar-refractivity contribution is 7.89. The molecule has 2 aliphatic rings. The highest BCUT2D eigenvalue weighted by Gasteiger charge is 2.40. The lowest BCUT2D eigenvalue weighted by Crippen LogP contribution is -2.30. The summed E-state index contributed by atoms with van der Waals surface area (Å²) in [4.78, 5) is 12.0. The smallest absolute Gasteiger partial charge is 0.264 e. The first-order chi connectivity index (χ1) is 12.8. The minimum absolute atomic E-state index is 0.208. The van der Waals surface area contributed by atoms with Gasteiger partial charge in [-0.1, -0.05) is 36.2 Å². The summed E-state index contributed by atoms with van der Waals surface area (Å²) >= 11 is 0. The van der Waals surface area contributed by atoms with Gasteiger partial charge in [0.1, 0.15) is 0 Å². The van der Waals surface area contributed by atoms with E-state index in [9.17, 15) is 13.2 Å². The average molecular weight is 385 g/mol. The van der Waals surface area contributed by atoms with E-state index < -0.39 is 15.9 Å². The van der Waals surface area contributed by atoms with Crippen molar-refractivity contribution >= 4 is 21.6 Å². The largest absolute Gasteiger partial charge is 0.378 e.